The van der Waals surface area contributed by atoms with Gasteiger partial charge in [0.05, 0.1) is 34.0 Å². The van der Waals surface area contributed by atoms with Crippen LogP contribution in [0.1, 0.15) is 58.1 Å². The van der Waals surface area contributed by atoms with Crippen molar-refractivity contribution in [3.63, 3.8) is 0 Å². The third kappa shape index (κ3) is 4.88. The second-order valence-corrected chi connectivity index (χ2v) is 12.1. The molecule has 3 aliphatic rings. The van der Waals surface area contributed by atoms with Crippen molar-refractivity contribution in [1.82, 2.24) is 4.90 Å². The molecule has 1 amide bonds. The van der Waals surface area contributed by atoms with Gasteiger partial charge in [0.2, 0.25) is 5.91 Å². The maximum atomic E-state index is 13.8. The molecule has 7 heteroatoms. The largest absolute Gasteiger partial charge is 0.357 e. The Bertz CT molecular complexity index is 1240. The van der Waals surface area contributed by atoms with E-state index in [0.717, 1.165) is 55.0 Å². The van der Waals surface area contributed by atoms with Crippen LogP contribution in [0.4, 0.5) is 11.4 Å². The van der Waals surface area contributed by atoms with Crippen molar-refractivity contribution in [1.29, 1.82) is 0 Å². The number of hydrogen-bond acceptors (Lipinski definition) is 4. The zero-order chi connectivity index (χ0) is 25.6. The number of piperidine rings is 1. The van der Waals surface area contributed by atoms with E-state index in [0.29, 0.717) is 28.0 Å². The summed E-state index contributed by atoms with van der Waals surface area (Å²) >= 11 is 12.8. The van der Waals surface area contributed by atoms with E-state index in [-0.39, 0.29) is 23.7 Å². The van der Waals surface area contributed by atoms with Crippen LogP contribution in [-0.4, -0.2) is 36.2 Å². The number of allylic oxidation sites excluding steroid dienone is 1. The van der Waals surface area contributed by atoms with Crippen LogP contribution in [0.5, 0.6) is 0 Å². The number of nitrogens with zero attached hydrogens (tertiary/aromatic N) is 2. The minimum atomic E-state index is -0.458. The van der Waals surface area contributed by atoms with Gasteiger partial charge in [0.15, 0.2) is 5.78 Å². The highest BCUT2D eigenvalue weighted by molar-refractivity contribution is 6.42. The lowest BCUT2D eigenvalue weighted by atomic mass is 9.73. The number of para-hydroxylation sites is 2. The van der Waals surface area contributed by atoms with E-state index in [1.54, 1.807) is 6.07 Å². The summed E-state index contributed by atoms with van der Waals surface area (Å²) in [6.07, 6.45) is 3.36. The summed E-state index contributed by atoms with van der Waals surface area (Å²) in [4.78, 5) is 31.5. The Labute approximate surface area is 223 Å². The molecule has 2 unspecified atom stereocenters. The molecule has 36 heavy (non-hydrogen) atoms. The van der Waals surface area contributed by atoms with E-state index in [1.807, 2.05) is 41.3 Å². The Balaban J connectivity index is 1.66. The number of anilines is 2. The first-order chi connectivity index (χ1) is 17.1. The number of fused-ring (bicyclic) bond motifs is 1. The fourth-order valence-corrected chi connectivity index (χ4v) is 6.22. The summed E-state index contributed by atoms with van der Waals surface area (Å²) in [5, 5.41) is 4.49. The Morgan fingerprint density at radius 1 is 1.11 bits per heavy atom. The summed E-state index contributed by atoms with van der Waals surface area (Å²) in [7, 11) is 0. The number of nitrogens with one attached hydrogen (secondary N) is 1. The number of likely N-dealkylation sites (tertiary alicyclic amines) is 1. The molecule has 1 N–H and O–H groups in total. The zero-order valence-corrected chi connectivity index (χ0v) is 22.6. The molecule has 0 saturated carbocycles. The van der Waals surface area contributed by atoms with Crippen LogP contribution in [-0.2, 0) is 9.59 Å². The highest BCUT2D eigenvalue weighted by atomic mass is 35.5. The van der Waals surface area contributed by atoms with Crippen LogP contribution in [0.3, 0.4) is 0 Å². The van der Waals surface area contributed by atoms with Crippen LogP contribution in [0.2, 0.25) is 10.0 Å². The van der Waals surface area contributed by atoms with Crippen molar-refractivity contribution in [3.8, 4) is 0 Å². The maximum absolute atomic E-state index is 13.8. The van der Waals surface area contributed by atoms with Gasteiger partial charge in [0.25, 0.3) is 0 Å². The van der Waals surface area contributed by atoms with E-state index in [2.05, 4.69) is 31.0 Å². The number of hydrogen-bond donors (Lipinski definition) is 1. The number of benzene rings is 2. The smallest absolute Gasteiger partial charge is 0.242 e. The van der Waals surface area contributed by atoms with Crippen molar-refractivity contribution in [2.24, 2.45) is 11.3 Å². The number of carbonyl (C=O) groups is 2. The first-order valence-electron chi connectivity index (χ1n) is 12.7. The molecular formula is C29H33Cl2N3O2. The molecule has 0 bridgehead atoms. The minimum Gasteiger partial charge on any atom is -0.357 e. The average molecular weight is 527 g/mol. The van der Waals surface area contributed by atoms with E-state index in [4.69, 9.17) is 23.2 Å². The first-order valence-corrected chi connectivity index (χ1v) is 13.5. The third-order valence-corrected chi connectivity index (χ3v) is 8.32. The van der Waals surface area contributed by atoms with E-state index in [1.165, 1.54) is 0 Å². The van der Waals surface area contributed by atoms with Gasteiger partial charge in [-0.2, -0.15) is 0 Å². The molecule has 5 nitrogen and oxygen atoms in total. The number of rotatable bonds is 3. The second kappa shape index (κ2) is 9.75. The highest BCUT2D eigenvalue weighted by Crippen LogP contribution is 2.48. The van der Waals surface area contributed by atoms with Crippen molar-refractivity contribution in [3.05, 3.63) is 69.3 Å². The lowest BCUT2D eigenvalue weighted by molar-refractivity contribution is -0.131. The zero-order valence-electron chi connectivity index (χ0n) is 21.1. The molecule has 190 valence electrons. The SMILES string of the molecule is CC1CCCN(C(=O)CN2c3ccccc3NC3=C(C(=O)CC(C)(C)C3)C2c2ccc(Cl)c(Cl)c2)C1. The molecule has 2 heterocycles. The van der Waals surface area contributed by atoms with Crippen LogP contribution in [0, 0.1) is 11.3 Å². The molecule has 1 aliphatic carbocycles. The van der Waals surface area contributed by atoms with Gasteiger partial charge in [0, 0.05) is 30.8 Å². The minimum absolute atomic E-state index is 0.0778. The van der Waals surface area contributed by atoms with Crippen LogP contribution in [0.15, 0.2) is 53.7 Å². The summed E-state index contributed by atoms with van der Waals surface area (Å²) in [6.45, 7) is 8.16. The fourth-order valence-electron chi connectivity index (χ4n) is 5.92. The topological polar surface area (TPSA) is 52.7 Å². The number of ketones is 1. The van der Waals surface area contributed by atoms with Gasteiger partial charge in [0.1, 0.15) is 0 Å². The lowest BCUT2D eigenvalue weighted by Gasteiger charge is -2.39. The highest BCUT2D eigenvalue weighted by Gasteiger charge is 2.42. The lowest BCUT2D eigenvalue weighted by Crippen LogP contribution is -2.46. The van der Waals surface area contributed by atoms with Crippen molar-refractivity contribution < 1.29 is 9.59 Å². The molecule has 0 aromatic heterocycles. The fraction of sp³-hybridized carbons (Fsp3) is 0.448. The van der Waals surface area contributed by atoms with Gasteiger partial charge in [-0.25, -0.2) is 0 Å². The predicted molar refractivity (Wildman–Crippen MR) is 147 cm³/mol. The molecular weight excluding hydrogens is 493 g/mol. The van der Waals surface area contributed by atoms with E-state index in [9.17, 15) is 9.59 Å². The van der Waals surface area contributed by atoms with Crippen LogP contribution >= 0.6 is 23.2 Å². The third-order valence-electron chi connectivity index (χ3n) is 7.58. The van der Waals surface area contributed by atoms with Gasteiger partial charge in [-0.15, -0.1) is 0 Å². The summed E-state index contributed by atoms with van der Waals surface area (Å²) < 4.78 is 0. The second-order valence-electron chi connectivity index (χ2n) is 11.3. The number of carbonyl (C=O) groups excluding carboxylic acids is 2. The van der Waals surface area contributed by atoms with Gasteiger partial charge in [-0.1, -0.05) is 62.2 Å². The molecule has 2 aliphatic heterocycles. The Morgan fingerprint density at radius 3 is 2.64 bits per heavy atom. The van der Waals surface area contributed by atoms with Crippen molar-refractivity contribution >= 4 is 46.3 Å². The maximum Gasteiger partial charge on any atom is 0.242 e. The molecule has 0 spiro atoms. The summed E-state index contributed by atoms with van der Waals surface area (Å²) in [5.41, 5.74) is 4.12. The normalized spacial score (nSPS) is 23.5. The monoisotopic (exact) mass is 525 g/mol. The molecule has 1 fully saturated rings. The number of amides is 1. The van der Waals surface area contributed by atoms with Crippen LogP contribution in [0.25, 0.3) is 0 Å². The quantitative estimate of drug-likeness (QED) is 0.475. The standard InChI is InChI=1S/C29H33Cl2N3O2/c1-18-7-6-12-33(16-18)26(36)17-34-24-9-5-4-8-22(24)32-23-14-29(2,3)15-25(35)27(23)28(34)19-10-11-20(30)21(31)13-19/h4-5,8-11,13,18,28,32H,6-7,12,14-17H2,1-3H3. The van der Waals surface area contributed by atoms with Crippen molar-refractivity contribution in [2.75, 3.05) is 29.9 Å². The molecule has 2 aromatic carbocycles. The van der Waals surface area contributed by atoms with E-state index < -0.39 is 6.04 Å². The average Bonchev–Trinajstić information content (AvgIpc) is 2.94. The first kappa shape index (κ1) is 25.2. The molecule has 2 atom stereocenters. The number of Topliss-reactive ketones (excluding diaryl/α,β-unsaturated/α-hetero) is 1. The van der Waals surface area contributed by atoms with E-state index >= 15 is 0 Å². The summed E-state index contributed by atoms with van der Waals surface area (Å²) in [5.74, 6) is 0.666. The Morgan fingerprint density at radius 2 is 1.89 bits per heavy atom. The molecule has 0 radical (unpaired) electrons. The van der Waals surface area contributed by atoms with Gasteiger partial charge < -0.3 is 15.1 Å². The van der Waals surface area contributed by atoms with Gasteiger partial charge in [-0.3, -0.25) is 9.59 Å². The van der Waals surface area contributed by atoms with Crippen molar-refractivity contribution in [2.45, 2.75) is 52.5 Å². The van der Waals surface area contributed by atoms with Gasteiger partial charge in [-0.05, 0) is 60.4 Å². The Kier molecular flexibility index (Phi) is 6.82. The molecule has 5 rings (SSSR count). The molecule has 1 saturated heterocycles. The van der Waals surface area contributed by atoms with Crippen LogP contribution < -0.4 is 10.2 Å². The molecule has 2 aromatic rings. The number of halogens is 2. The van der Waals surface area contributed by atoms with Gasteiger partial charge >= 0.3 is 0 Å². The Hall–Kier alpha value is -2.50. The predicted octanol–water partition coefficient (Wildman–Crippen LogP) is 6.87. The summed E-state index contributed by atoms with van der Waals surface area (Å²) in [6, 6.07) is 13.1.